The molecule has 0 atom stereocenters. The van der Waals surface area contributed by atoms with Gasteiger partial charge in [0, 0.05) is 11.1 Å². The van der Waals surface area contributed by atoms with E-state index in [0.29, 0.717) is 30.2 Å². The fourth-order valence-corrected chi connectivity index (χ4v) is 4.17. The SMILES string of the molecule is Cc1csc(-c2n[nH]c3c2CN(C(=O)c2ccc4c(c2)OCO4)C3)c1. The zero-order valence-electron chi connectivity index (χ0n) is 13.5. The largest absolute Gasteiger partial charge is 0.454 e. The van der Waals surface area contributed by atoms with Gasteiger partial charge < -0.3 is 14.4 Å². The van der Waals surface area contributed by atoms with Crippen LogP contribution in [0.5, 0.6) is 11.5 Å². The Bertz CT molecular complexity index is 991. The molecule has 7 heteroatoms. The average Bonchev–Trinajstić information content (AvgIpc) is 3.36. The van der Waals surface area contributed by atoms with Gasteiger partial charge >= 0.3 is 0 Å². The van der Waals surface area contributed by atoms with Gasteiger partial charge in [-0.25, -0.2) is 0 Å². The van der Waals surface area contributed by atoms with E-state index in [1.54, 1.807) is 29.5 Å². The molecule has 0 radical (unpaired) electrons. The van der Waals surface area contributed by atoms with Crippen LogP contribution in [0.4, 0.5) is 0 Å². The predicted molar refractivity (Wildman–Crippen MR) is 92.8 cm³/mol. The second-order valence-electron chi connectivity index (χ2n) is 6.25. The number of benzene rings is 1. The molecule has 2 aromatic heterocycles. The maximum Gasteiger partial charge on any atom is 0.254 e. The zero-order valence-corrected chi connectivity index (χ0v) is 14.4. The minimum atomic E-state index is -0.0174. The topological polar surface area (TPSA) is 67.5 Å². The van der Waals surface area contributed by atoms with Crippen molar-refractivity contribution in [3.05, 3.63) is 52.0 Å². The summed E-state index contributed by atoms with van der Waals surface area (Å²) in [5.74, 6) is 1.29. The van der Waals surface area contributed by atoms with Crippen LogP contribution in [-0.2, 0) is 13.1 Å². The summed E-state index contributed by atoms with van der Waals surface area (Å²) >= 11 is 1.68. The van der Waals surface area contributed by atoms with Crippen molar-refractivity contribution in [1.82, 2.24) is 15.1 Å². The Hall–Kier alpha value is -2.80. The Balaban J connectivity index is 1.41. The Morgan fingerprint density at radius 3 is 2.96 bits per heavy atom. The van der Waals surface area contributed by atoms with E-state index in [4.69, 9.17) is 9.47 Å². The summed E-state index contributed by atoms with van der Waals surface area (Å²) in [6.45, 7) is 3.38. The highest BCUT2D eigenvalue weighted by atomic mass is 32.1. The summed E-state index contributed by atoms with van der Waals surface area (Å²) in [7, 11) is 0. The average molecular weight is 353 g/mol. The number of thiophene rings is 1. The van der Waals surface area contributed by atoms with E-state index in [0.717, 1.165) is 21.8 Å². The van der Waals surface area contributed by atoms with E-state index in [1.807, 2.05) is 4.90 Å². The van der Waals surface area contributed by atoms with Crippen LogP contribution < -0.4 is 9.47 Å². The molecular formula is C18H15N3O3S. The summed E-state index contributed by atoms with van der Waals surface area (Å²) in [6, 6.07) is 7.44. The lowest BCUT2D eigenvalue weighted by atomic mass is 10.1. The second kappa shape index (κ2) is 5.35. The van der Waals surface area contributed by atoms with Crippen LogP contribution in [-0.4, -0.2) is 27.8 Å². The highest BCUT2D eigenvalue weighted by Gasteiger charge is 2.30. The van der Waals surface area contributed by atoms with Crippen molar-refractivity contribution in [1.29, 1.82) is 0 Å². The first-order valence-corrected chi connectivity index (χ1v) is 8.87. The molecule has 0 fully saturated rings. The number of aromatic nitrogens is 2. The summed E-state index contributed by atoms with van der Waals surface area (Å²) in [5.41, 5.74) is 4.90. The van der Waals surface area contributed by atoms with Gasteiger partial charge in [-0.2, -0.15) is 5.10 Å². The third-order valence-corrected chi connectivity index (χ3v) is 5.58. The van der Waals surface area contributed by atoms with Crippen LogP contribution in [0.2, 0.25) is 0 Å². The molecule has 3 aromatic rings. The van der Waals surface area contributed by atoms with Crippen molar-refractivity contribution in [2.75, 3.05) is 6.79 Å². The van der Waals surface area contributed by atoms with E-state index in [2.05, 4.69) is 28.6 Å². The third-order valence-electron chi connectivity index (χ3n) is 4.52. The van der Waals surface area contributed by atoms with Gasteiger partial charge in [0.1, 0.15) is 5.69 Å². The summed E-state index contributed by atoms with van der Waals surface area (Å²) < 4.78 is 10.7. The number of H-pyrrole nitrogens is 1. The molecule has 0 saturated heterocycles. The van der Waals surface area contributed by atoms with Crippen LogP contribution in [0.1, 0.15) is 27.2 Å². The van der Waals surface area contributed by atoms with E-state index < -0.39 is 0 Å². The Labute approximate surface area is 148 Å². The van der Waals surface area contributed by atoms with Crippen molar-refractivity contribution in [3.63, 3.8) is 0 Å². The van der Waals surface area contributed by atoms with Crippen molar-refractivity contribution in [3.8, 4) is 22.1 Å². The quantitative estimate of drug-likeness (QED) is 0.767. The molecule has 126 valence electrons. The molecule has 5 rings (SSSR count). The molecule has 1 N–H and O–H groups in total. The molecule has 0 unspecified atom stereocenters. The van der Waals surface area contributed by atoms with Gasteiger partial charge in [-0.15, -0.1) is 11.3 Å². The number of carbonyl (C=O) groups excluding carboxylic acids is 1. The van der Waals surface area contributed by atoms with E-state index in [-0.39, 0.29) is 12.7 Å². The molecule has 2 aliphatic rings. The van der Waals surface area contributed by atoms with Crippen LogP contribution in [0.3, 0.4) is 0 Å². The molecule has 0 bridgehead atoms. The van der Waals surface area contributed by atoms with Crippen LogP contribution in [0.25, 0.3) is 10.6 Å². The molecule has 25 heavy (non-hydrogen) atoms. The number of fused-ring (bicyclic) bond motifs is 2. The first-order valence-electron chi connectivity index (χ1n) is 7.99. The smallest absolute Gasteiger partial charge is 0.254 e. The van der Waals surface area contributed by atoms with Crippen LogP contribution in [0, 0.1) is 6.92 Å². The standard InChI is InChI=1S/C18H15N3O3S/c1-10-4-16(25-8-10)17-12-6-21(7-13(12)19-20-17)18(22)11-2-3-14-15(5-11)24-9-23-14/h2-5,8H,6-7,9H2,1H3,(H,19,20). The van der Waals surface area contributed by atoms with Gasteiger partial charge in [-0.3, -0.25) is 9.89 Å². The molecule has 1 aromatic carbocycles. The van der Waals surface area contributed by atoms with Crippen LogP contribution >= 0.6 is 11.3 Å². The number of carbonyl (C=O) groups is 1. The summed E-state index contributed by atoms with van der Waals surface area (Å²) in [4.78, 5) is 15.8. The Morgan fingerprint density at radius 1 is 1.24 bits per heavy atom. The summed E-state index contributed by atoms with van der Waals surface area (Å²) in [5, 5.41) is 9.65. The predicted octanol–water partition coefficient (Wildman–Crippen LogP) is 3.33. The third kappa shape index (κ3) is 2.31. The van der Waals surface area contributed by atoms with Gasteiger partial charge in [0.25, 0.3) is 5.91 Å². The Morgan fingerprint density at radius 2 is 2.12 bits per heavy atom. The first kappa shape index (κ1) is 14.5. The number of aromatic amines is 1. The first-order chi connectivity index (χ1) is 12.2. The number of hydrogen-bond donors (Lipinski definition) is 1. The minimum absolute atomic E-state index is 0.0174. The monoisotopic (exact) mass is 353 g/mol. The summed E-state index contributed by atoms with van der Waals surface area (Å²) in [6.07, 6.45) is 0. The number of aryl methyl sites for hydroxylation is 1. The number of amides is 1. The molecule has 1 amide bonds. The number of hydrogen-bond acceptors (Lipinski definition) is 5. The van der Waals surface area contributed by atoms with Gasteiger partial charge in [0.05, 0.1) is 23.7 Å². The number of nitrogens with zero attached hydrogens (tertiary/aromatic N) is 2. The molecular weight excluding hydrogens is 338 g/mol. The maximum absolute atomic E-state index is 12.9. The van der Waals surface area contributed by atoms with Gasteiger partial charge in [-0.05, 0) is 42.1 Å². The van der Waals surface area contributed by atoms with E-state index in [1.165, 1.54) is 5.56 Å². The molecule has 2 aliphatic heterocycles. The number of nitrogens with one attached hydrogen (secondary N) is 1. The molecule has 4 heterocycles. The fraction of sp³-hybridized carbons (Fsp3) is 0.222. The van der Waals surface area contributed by atoms with Gasteiger partial charge in [0.15, 0.2) is 11.5 Å². The lowest BCUT2D eigenvalue weighted by Crippen LogP contribution is -2.25. The molecule has 0 spiro atoms. The van der Waals surface area contributed by atoms with Crippen LogP contribution in [0.15, 0.2) is 29.6 Å². The van der Waals surface area contributed by atoms with Crippen molar-refractivity contribution < 1.29 is 14.3 Å². The molecule has 6 nitrogen and oxygen atoms in total. The molecule has 0 aliphatic carbocycles. The highest BCUT2D eigenvalue weighted by Crippen LogP contribution is 2.36. The molecule has 0 saturated carbocycles. The zero-order chi connectivity index (χ0) is 17.0. The van der Waals surface area contributed by atoms with E-state index >= 15 is 0 Å². The second-order valence-corrected chi connectivity index (χ2v) is 7.16. The normalized spacial score (nSPS) is 14.8. The van der Waals surface area contributed by atoms with Crippen molar-refractivity contribution in [2.45, 2.75) is 20.0 Å². The minimum Gasteiger partial charge on any atom is -0.454 e. The number of rotatable bonds is 2. The highest BCUT2D eigenvalue weighted by molar-refractivity contribution is 7.13. The van der Waals surface area contributed by atoms with Gasteiger partial charge in [-0.1, -0.05) is 0 Å². The Kier molecular flexibility index (Phi) is 3.11. The fourth-order valence-electron chi connectivity index (χ4n) is 3.25. The van der Waals surface area contributed by atoms with Crippen molar-refractivity contribution in [2.24, 2.45) is 0 Å². The van der Waals surface area contributed by atoms with Gasteiger partial charge in [0.2, 0.25) is 6.79 Å². The maximum atomic E-state index is 12.9. The number of ether oxygens (including phenoxy) is 2. The lowest BCUT2D eigenvalue weighted by molar-refractivity contribution is 0.0749. The lowest BCUT2D eigenvalue weighted by Gasteiger charge is -2.16. The van der Waals surface area contributed by atoms with E-state index in [9.17, 15) is 4.79 Å². The van der Waals surface area contributed by atoms with Crippen molar-refractivity contribution >= 4 is 17.2 Å².